The molecule has 4 aromatic rings. The predicted molar refractivity (Wildman–Crippen MR) is 131 cm³/mol. The predicted octanol–water partition coefficient (Wildman–Crippen LogP) is 6.51. The number of halogens is 1. The Balaban J connectivity index is 1.28. The molecule has 0 saturated carbocycles. The van der Waals surface area contributed by atoms with Crippen molar-refractivity contribution in [2.24, 2.45) is 0 Å². The highest BCUT2D eigenvalue weighted by molar-refractivity contribution is 8.00. The number of amides is 2. The monoisotopic (exact) mass is 485 g/mol. The zero-order chi connectivity index (χ0) is 21.6. The number of nitrogens with one attached hydrogen (secondary N) is 2. The number of aromatic nitrogens is 1. The number of carbonyl (C=O) groups excluding carboxylic acids is 2. The molecule has 0 unspecified atom stereocenters. The van der Waals surface area contributed by atoms with E-state index in [4.69, 9.17) is 11.6 Å². The molecular formula is C22H16ClN3O2S3. The Labute approximate surface area is 196 Å². The second kappa shape index (κ2) is 10.1. The fourth-order valence-corrected chi connectivity index (χ4v) is 4.94. The Hall–Kier alpha value is -2.65. The van der Waals surface area contributed by atoms with Crippen LogP contribution in [0.3, 0.4) is 0 Å². The van der Waals surface area contributed by atoms with Crippen LogP contribution in [0.4, 0.5) is 10.8 Å². The van der Waals surface area contributed by atoms with Crippen molar-refractivity contribution in [1.82, 2.24) is 4.98 Å². The second-order valence-electron chi connectivity index (χ2n) is 6.31. The number of rotatable bonds is 7. The molecule has 2 amide bonds. The van der Waals surface area contributed by atoms with Crippen LogP contribution in [-0.2, 0) is 4.79 Å². The first-order valence-electron chi connectivity index (χ1n) is 9.16. The lowest BCUT2D eigenvalue weighted by molar-refractivity contribution is -0.113. The van der Waals surface area contributed by atoms with Crippen LogP contribution >= 0.6 is 46.0 Å². The number of thiophene rings is 1. The molecular weight excluding hydrogens is 470 g/mol. The van der Waals surface area contributed by atoms with Crippen LogP contribution in [0.25, 0.3) is 11.3 Å². The van der Waals surface area contributed by atoms with Crippen molar-refractivity contribution in [3.8, 4) is 11.3 Å². The van der Waals surface area contributed by atoms with Gasteiger partial charge in [-0.05, 0) is 41.8 Å². The topological polar surface area (TPSA) is 71.1 Å². The largest absolute Gasteiger partial charge is 0.321 e. The summed E-state index contributed by atoms with van der Waals surface area (Å²) in [4.78, 5) is 30.4. The summed E-state index contributed by atoms with van der Waals surface area (Å²) in [5.41, 5.74) is 2.28. The first kappa shape index (κ1) is 21.6. The van der Waals surface area contributed by atoms with Crippen LogP contribution in [0.15, 0.2) is 76.3 Å². The van der Waals surface area contributed by atoms with Gasteiger partial charge in [-0.15, -0.1) is 34.4 Å². The van der Waals surface area contributed by atoms with Crippen molar-refractivity contribution in [3.63, 3.8) is 0 Å². The molecule has 31 heavy (non-hydrogen) atoms. The van der Waals surface area contributed by atoms with Crippen molar-refractivity contribution in [3.05, 3.63) is 81.3 Å². The quantitative estimate of drug-likeness (QED) is 0.293. The summed E-state index contributed by atoms with van der Waals surface area (Å²) in [6.45, 7) is 0. The normalized spacial score (nSPS) is 10.6. The summed E-state index contributed by atoms with van der Waals surface area (Å²) >= 11 is 10.4. The van der Waals surface area contributed by atoms with Gasteiger partial charge in [0.2, 0.25) is 5.91 Å². The Morgan fingerprint density at radius 1 is 0.968 bits per heavy atom. The summed E-state index contributed by atoms with van der Waals surface area (Å²) in [5, 5.41) is 10.6. The van der Waals surface area contributed by atoms with E-state index in [0.29, 0.717) is 20.7 Å². The smallest absolute Gasteiger partial charge is 0.265 e. The van der Waals surface area contributed by atoms with E-state index in [0.717, 1.165) is 16.2 Å². The van der Waals surface area contributed by atoms with E-state index < -0.39 is 0 Å². The second-order valence-corrected chi connectivity index (χ2v) is 9.57. The molecule has 5 nitrogen and oxygen atoms in total. The van der Waals surface area contributed by atoms with Gasteiger partial charge in [0.25, 0.3) is 5.91 Å². The molecule has 0 saturated heterocycles. The molecule has 2 N–H and O–H groups in total. The maximum Gasteiger partial charge on any atom is 0.265 e. The van der Waals surface area contributed by atoms with Crippen LogP contribution < -0.4 is 10.6 Å². The van der Waals surface area contributed by atoms with Gasteiger partial charge in [-0.3, -0.25) is 9.59 Å². The number of thiazole rings is 1. The SMILES string of the molecule is O=C(CSc1ccc(NC(=O)c2cccs2)cc1)Nc1nc(-c2ccccc2Cl)cs1. The highest BCUT2D eigenvalue weighted by Crippen LogP contribution is 2.30. The van der Waals surface area contributed by atoms with Crippen LogP contribution in [-0.4, -0.2) is 22.6 Å². The summed E-state index contributed by atoms with van der Waals surface area (Å²) in [6, 6.07) is 18.5. The fourth-order valence-electron chi connectivity index (χ4n) is 2.66. The minimum absolute atomic E-state index is 0.130. The lowest BCUT2D eigenvalue weighted by atomic mass is 10.2. The first-order chi connectivity index (χ1) is 15.1. The van der Waals surface area contributed by atoms with Gasteiger partial charge in [-0.1, -0.05) is 35.9 Å². The number of hydrogen-bond acceptors (Lipinski definition) is 6. The van der Waals surface area contributed by atoms with Crippen molar-refractivity contribution in [2.45, 2.75) is 4.90 Å². The van der Waals surface area contributed by atoms with Gasteiger partial charge in [0, 0.05) is 26.5 Å². The number of carbonyl (C=O) groups is 2. The Bertz CT molecular complexity index is 1190. The molecule has 0 aliphatic heterocycles. The van der Waals surface area contributed by atoms with E-state index in [2.05, 4.69) is 15.6 Å². The fraction of sp³-hybridized carbons (Fsp3) is 0.0455. The third kappa shape index (κ3) is 5.74. The number of thioether (sulfide) groups is 1. The number of anilines is 2. The summed E-state index contributed by atoms with van der Waals surface area (Å²) in [5.74, 6) is -0.0171. The summed E-state index contributed by atoms with van der Waals surface area (Å²) in [6.07, 6.45) is 0. The van der Waals surface area contributed by atoms with Crippen molar-refractivity contribution in [1.29, 1.82) is 0 Å². The Morgan fingerprint density at radius 2 is 1.77 bits per heavy atom. The van der Waals surface area contributed by atoms with Crippen LogP contribution in [0, 0.1) is 0 Å². The van der Waals surface area contributed by atoms with Crippen molar-refractivity contribution < 1.29 is 9.59 Å². The van der Waals surface area contributed by atoms with Crippen LogP contribution in [0.5, 0.6) is 0 Å². The Morgan fingerprint density at radius 3 is 2.52 bits per heavy atom. The molecule has 2 aromatic heterocycles. The molecule has 2 heterocycles. The zero-order valence-electron chi connectivity index (χ0n) is 16.0. The molecule has 0 bridgehead atoms. The van der Waals surface area contributed by atoms with E-state index in [9.17, 15) is 9.59 Å². The minimum Gasteiger partial charge on any atom is -0.321 e. The third-order valence-electron chi connectivity index (χ3n) is 4.13. The molecule has 4 rings (SSSR count). The molecule has 0 radical (unpaired) electrons. The number of hydrogen-bond donors (Lipinski definition) is 2. The standard InChI is InChI=1S/C22H16ClN3O2S3/c23-17-5-2-1-4-16(17)18-12-31-22(25-18)26-20(27)13-30-15-9-7-14(8-10-15)24-21(28)19-6-3-11-29-19/h1-12H,13H2,(H,24,28)(H,25,26,27). The molecule has 0 aliphatic rings. The maximum absolute atomic E-state index is 12.3. The van der Waals surface area contributed by atoms with Gasteiger partial charge < -0.3 is 10.6 Å². The Kier molecular flexibility index (Phi) is 7.03. The van der Waals surface area contributed by atoms with Crippen LogP contribution in [0.2, 0.25) is 5.02 Å². The van der Waals surface area contributed by atoms with E-state index in [-0.39, 0.29) is 17.6 Å². The van der Waals surface area contributed by atoms with Gasteiger partial charge in [0.1, 0.15) is 0 Å². The average molecular weight is 486 g/mol. The van der Waals surface area contributed by atoms with Crippen molar-refractivity contribution in [2.75, 3.05) is 16.4 Å². The van der Waals surface area contributed by atoms with E-state index in [1.54, 1.807) is 6.07 Å². The summed E-state index contributed by atoms with van der Waals surface area (Å²) in [7, 11) is 0. The van der Waals surface area contributed by atoms with E-state index >= 15 is 0 Å². The first-order valence-corrected chi connectivity index (χ1v) is 12.3. The molecule has 0 aliphatic carbocycles. The summed E-state index contributed by atoms with van der Waals surface area (Å²) < 4.78 is 0. The molecule has 0 spiro atoms. The lowest BCUT2D eigenvalue weighted by Crippen LogP contribution is -2.13. The number of benzene rings is 2. The van der Waals surface area contributed by atoms with Gasteiger partial charge in [0.15, 0.2) is 5.13 Å². The molecule has 2 aromatic carbocycles. The maximum atomic E-state index is 12.3. The highest BCUT2D eigenvalue weighted by atomic mass is 35.5. The van der Waals surface area contributed by atoms with Crippen LogP contribution in [0.1, 0.15) is 9.67 Å². The van der Waals surface area contributed by atoms with E-state index in [1.165, 1.54) is 34.4 Å². The molecule has 0 atom stereocenters. The van der Waals surface area contributed by atoms with Gasteiger partial charge in [0.05, 0.1) is 16.3 Å². The van der Waals surface area contributed by atoms with Crippen molar-refractivity contribution >= 4 is 68.7 Å². The van der Waals surface area contributed by atoms with Gasteiger partial charge in [-0.2, -0.15) is 0 Å². The van der Waals surface area contributed by atoms with Gasteiger partial charge >= 0.3 is 0 Å². The molecule has 9 heteroatoms. The minimum atomic E-state index is -0.139. The average Bonchev–Trinajstić information content (AvgIpc) is 3.46. The molecule has 156 valence electrons. The lowest BCUT2D eigenvalue weighted by Gasteiger charge is -2.06. The van der Waals surface area contributed by atoms with E-state index in [1.807, 2.05) is 65.4 Å². The molecule has 0 fully saturated rings. The third-order valence-corrected chi connectivity index (χ3v) is 7.10. The highest BCUT2D eigenvalue weighted by Gasteiger charge is 2.11. The van der Waals surface area contributed by atoms with Gasteiger partial charge in [-0.25, -0.2) is 4.98 Å². The number of nitrogens with zero attached hydrogens (tertiary/aromatic N) is 1. The zero-order valence-corrected chi connectivity index (χ0v) is 19.2.